The van der Waals surface area contributed by atoms with Crippen LogP contribution in [0.1, 0.15) is 165 Å². The van der Waals surface area contributed by atoms with Crippen LogP contribution in [0.5, 0.6) is 17.2 Å². The summed E-state index contributed by atoms with van der Waals surface area (Å²) in [5, 5.41) is 10.2. The molecule has 0 atom stereocenters. The molecule has 0 fully saturated rings. The van der Waals surface area contributed by atoms with Gasteiger partial charge in [-0.3, -0.25) is 0 Å². The smallest absolute Gasteiger partial charge is 0.119 e. The maximum Gasteiger partial charge on any atom is 0.119 e. The molecule has 1 N–H and O–H groups in total. The molecule has 0 aliphatic heterocycles. The number of ether oxygens (including phenoxy) is 2. The van der Waals surface area contributed by atoms with E-state index in [0.717, 1.165) is 71.0 Å². The first-order chi connectivity index (χ1) is 26.2. The topological polar surface area (TPSA) is 38.7 Å². The maximum atomic E-state index is 10.2. The summed E-state index contributed by atoms with van der Waals surface area (Å²) >= 11 is 0. The molecule has 0 unspecified atom stereocenters. The normalized spacial score (nSPS) is 11.1. The zero-order valence-corrected chi connectivity index (χ0v) is 33.1. The van der Waals surface area contributed by atoms with Crippen molar-refractivity contribution >= 4 is 11.1 Å². The average molecular weight is 717 g/mol. The molecule has 4 aromatic carbocycles. The van der Waals surface area contributed by atoms with Crippen LogP contribution in [0.15, 0.2) is 103 Å². The zero-order chi connectivity index (χ0) is 37.2. The summed E-state index contributed by atoms with van der Waals surface area (Å²) in [6.45, 7) is 6.06. The lowest BCUT2D eigenvalue weighted by atomic mass is 9.85. The molecule has 0 aromatic heterocycles. The van der Waals surface area contributed by atoms with Gasteiger partial charge in [0.15, 0.2) is 0 Å². The molecule has 0 radical (unpaired) electrons. The highest BCUT2D eigenvalue weighted by atomic mass is 16.5. The van der Waals surface area contributed by atoms with E-state index in [-0.39, 0.29) is 5.75 Å². The number of hydrogen-bond acceptors (Lipinski definition) is 3. The molecule has 0 amide bonds. The lowest BCUT2D eigenvalue weighted by molar-refractivity contribution is 0.304. The van der Waals surface area contributed by atoms with Crippen LogP contribution in [0.25, 0.3) is 11.1 Å². The summed E-state index contributed by atoms with van der Waals surface area (Å²) in [5.74, 6) is 2.08. The Morgan fingerprint density at radius 1 is 0.358 bits per heavy atom. The average Bonchev–Trinajstić information content (AvgIpc) is 3.19. The molecular formula is C50H68O3. The van der Waals surface area contributed by atoms with Crippen molar-refractivity contribution in [3.05, 3.63) is 125 Å². The van der Waals surface area contributed by atoms with E-state index >= 15 is 0 Å². The third-order valence-corrected chi connectivity index (χ3v) is 10.3. The lowest BCUT2D eigenvalue weighted by Gasteiger charge is -2.19. The lowest BCUT2D eigenvalue weighted by Crippen LogP contribution is -2.00. The molecule has 4 aromatic rings. The van der Waals surface area contributed by atoms with E-state index in [1.165, 1.54) is 116 Å². The van der Waals surface area contributed by atoms with Crippen LogP contribution in [0.4, 0.5) is 0 Å². The first kappa shape index (κ1) is 41.8. The van der Waals surface area contributed by atoms with Gasteiger partial charge in [0.1, 0.15) is 17.2 Å². The Labute approximate surface area is 322 Å². The molecule has 0 bridgehead atoms. The first-order valence-electron chi connectivity index (χ1n) is 21.2. The van der Waals surface area contributed by atoms with Gasteiger partial charge in [-0.2, -0.15) is 0 Å². The number of benzene rings is 4. The van der Waals surface area contributed by atoms with Crippen molar-refractivity contribution in [3.8, 4) is 17.2 Å². The third kappa shape index (κ3) is 15.9. The van der Waals surface area contributed by atoms with Gasteiger partial charge in [-0.15, -0.1) is 0 Å². The number of hydrogen-bond donors (Lipinski definition) is 1. The molecule has 0 saturated carbocycles. The molecule has 4 rings (SSSR count). The van der Waals surface area contributed by atoms with Crippen LogP contribution in [0.2, 0.25) is 0 Å². The second kappa shape index (κ2) is 25.9. The van der Waals surface area contributed by atoms with E-state index in [9.17, 15) is 5.11 Å². The van der Waals surface area contributed by atoms with Crippen molar-refractivity contribution < 1.29 is 14.6 Å². The van der Waals surface area contributed by atoms with Crippen LogP contribution in [0.3, 0.4) is 0 Å². The molecular weight excluding hydrogens is 649 g/mol. The van der Waals surface area contributed by atoms with Gasteiger partial charge in [0.05, 0.1) is 13.2 Å². The Morgan fingerprint density at radius 2 is 0.660 bits per heavy atom. The van der Waals surface area contributed by atoms with Crippen LogP contribution in [-0.4, -0.2) is 18.3 Å². The molecule has 3 heteroatoms. The second-order valence-electron chi connectivity index (χ2n) is 14.8. The van der Waals surface area contributed by atoms with Crippen LogP contribution in [-0.2, 0) is 0 Å². The van der Waals surface area contributed by atoms with E-state index < -0.39 is 0 Å². The highest BCUT2D eigenvalue weighted by molar-refractivity contribution is 6.04. The van der Waals surface area contributed by atoms with Gasteiger partial charge in [0.2, 0.25) is 0 Å². The Balaban J connectivity index is 1.41. The summed E-state index contributed by atoms with van der Waals surface area (Å²) in [7, 11) is 0. The predicted octanol–water partition coefficient (Wildman–Crippen LogP) is 15.0. The van der Waals surface area contributed by atoms with Gasteiger partial charge < -0.3 is 14.6 Å². The van der Waals surface area contributed by atoms with E-state index in [2.05, 4.69) is 92.7 Å². The Hall–Kier alpha value is -3.98. The SMILES string of the molecule is CCCCCCCCCCCCOc1ccc(C(=C(c2ccccc2)c2ccc(O)cc2)c2ccc(OCCCCCCCCCCCC)cc2)cc1. The van der Waals surface area contributed by atoms with Gasteiger partial charge in [0, 0.05) is 0 Å². The van der Waals surface area contributed by atoms with Gasteiger partial charge >= 0.3 is 0 Å². The van der Waals surface area contributed by atoms with Crippen LogP contribution >= 0.6 is 0 Å². The predicted molar refractivity (Wildman–Crippen MR) is 227 cm³/mol. The molecule has 0 aliphatic carbocycles. The Kier molecular flexibility index (Phi) is 20.4. The molecule has 286 valence electrons. The third-order valence-electron chi connectivity index (χ3n) is 10.3. The summed E-state index contributed by atoms with van der Waals surface area (Å²) in [5.41, 5.74) is 6.64. The molecule has 0 heterocycles. The van der Waals surface area contributed by atoms with Gasteiger partial charge in [-0.05, 0) is 82.6 Å². The number of phenols is 1. The number of unbranched alkanes of at least 4 members (excludes halogenated alkanes) is 18. The molecule has 3 nitrogen and oxygen atoms in total. The monoisotopic (exact) mass is 717 g/mol. The first-order valence-corrected chi connectivity index (χ1v) is 21.2. The Bertz CT molecular complexity index is 1450. The summed E-state index contributed by atoms with van der Waals surface area (Å²) in [4.78, 5) is 0. The van der Waals surface area contributed by atoms with E-state index in [1.807, 2.05) is 12.1 Å². The highest BCUT2D eigenvalue weighted by Crippen LogP contribution is 2.38. The largest absolute Gasteiger partial charge is 0.508 e. The number of rotatable bonds is 28. The van der Waals surface area contributed by atoms with E-state index in [0.29, 0.717) is 0 Å². The zero-order valence-electron chi connectivity index (χ0n) is 33.1. The molecule has 0 spiro atoms. The summed E-state index contributed by atoms with van der Waals surface area (Å²) in [6, 6.07) is 35.3. The van der Waals surface area contributed by atoms with Crippen molar-refractivity contribution in [3.63, 3.8) is 0 Å². The van der Waals surface area contributed by atoms with Crippen LogP contribution in [0, 0.1) is 0 Å². The minimum Gasteiger partial charge on any atom is -0.508 e. The fraction of sp³-hybridized carbons (Fsp3) is 0.480. The minimum absolute atomic E-state index is 0.260. The van der Waals surface area contributed by atoms with Crippen molar-refractivity contribution in [2.24, 2.45) is 0 Å². The fourth-order valence-corrected chi connectivity index (χ4v) is 7.14. The van der Waals surface area contributed by atoms with E-state index in [1.54, 1.807) is 12.1 Å². The van der Waals surface area contributed by atoms with Crippen molar-refractivity contribution in [2.75, 3.05) is 13.2 Å². The van der Waals surface area contributed by atoms with Crippen LogP contribution < -0.4 is 9.47 Å². The van der Waals surface area contributed by atoms with Gasteiger partial charge in [0.25, 0.3) is 0 Å². The van der Waals surface area contributed by atoms with Crippen molar-refractivity contribution in [1.82, 2.24) is 0 Å². The van der Waals surface area contributed by atoms with Crippen molar-refractivity contribution in [1.29, 1.82) is 0 Å². The molecule has 53 heavy (non-hydrogen) atoms. The number of phenolic OH excluding ortho intramolecular Hbond substituents is 1. The van der Waals surface area contributed by atoms with Gasteiger partial charge in [-0.1, -0.05) is 196 Å². The van der Waals surface area contributed by atoms with Crippen molar-refractivity contribution in [2.45, 2.75) is 142 Å². The minimum atomic E-state index is 0.260. The maximum absolute atomic E-state index is 10.2. The summed E-state index contributed by atoms with van der Waals surface area (Å²) < 4.78 is 12.4. The second-order valence-corrected chi connectivity index (χ2v) is 14.8. The Morgan fingerprint density at radius 3 is 1.02 bits per heavy atom. The summed E-state index contributed by atoms with van der Waals surface area (Å²) in [6.07, 6.45) is 26.4. The standard InChI is InChI=1S/C50H68O3/c1-3-5-7-9-11-13-15-17-19-24-40-52-47-36-30-44(31-37-47)50(49(42-26-22-21-23-27-42)43-28-34-46(51)35-29-43)45-32-38-48(39-33-45)53-41-25-20-18-16-14-12-10-8-6-4-2/h21-23,26-39,51H,3-20,24-25,40-41H2,1-2H3. The molecule has 0 saturated heterocycles. The molecule has 0 aliphatic rings. The van der Waals surface area contributed by atoms with E-state index in [4.69, 9.17) is 9.47 Å². The highest BCUT2D eigenvalue weighted by Gasteiger charge is 2.17. The fourth-order valence-electron chi connectivity index (χ4n) is 7.14. The van der Waals surface area contributed by atoms with Gasteiger partial charge in [-0.25, -0.2) is 0 Å². The quantitative estimate of drug-likeness (QED) is 0.0470. The number of aromatic hydroxyl groups is 1.